The summed E-state index contributed by atoms with van der Waals surface area (Å²) < 4.78 is 6.24. The molecular formula is C13H12BrNO3. The standard InChI is InChI=1S/C13H12BrNO3/c1-15(8-9-3-2-4-10(14)7-9)12-6-5-11(18-12)13(16)17/h2-7H,8H2,1H3,(H,16,17). The van der Waals surface area contributed by atoms with E-state index in [2.05, 4.69) is 15.9 Å². The molecule has 1 heterocycles. The summed E-state index contributed by atoms with van der Waals surface area (Å²) in [5.74, 6) is -0.574. The van der Waals surface area contributed by atoms with Gasteiger partial charge in [0.25, 0.3) is 0 Å². The van der Waals surface area contributed by atoms with Gasteiger partial charge in [-0.15, -0.1) is 0 Å². The Morgan fingerprint density at radius 1 is 1.39 bits per heavy atom. The van der Waals surface area contributed by atoms with Crippen LogP contribution in [0.15, 0.2) is 45.3 Å². The molecule has 1 N–H and O–H groups in total. The number of aromatic carboxylic acids is 1. The first kappa shape index (κ1) is 12.7. The Kier molecular flexibility index (Phi) is 3.72. The van der Waals surface area contributed by atoms with Crippen LogP contribution in [-0.2, 0) is 6.54 Å². The summed E-state index contributed by atoms with van der Waals surface area (Å²) in [4.78, 5) is 12.6. The van der Waals surface area contributed by atoms with E-state index < -0.39 is 5.97 Å². The zero-order valence-corrected chi connectivity index (χ0v) is 11.3. The van der Waals surface area contributed by atoms with Gasteiger partial charge in [0.05, 0.1) is 0 Å². The van der Waals surface area contributed by atoms with Gasteiger partial charge in [-0.1, -0.05) is 28.1 Å². The number of carboxylic acids is 1. The maximum Gasteiger partial charge on any atom is 0.371 e. The van der Waals surface area contributed by atoms with Crippen molar-refractivity contribution in [2.45, 2.75) is 6.54 Å². The highest BCUT2D eigenvalue weighted by atomic mass is 79.9. The minimum Gasteiger partial charge on any atom is -0.475 e. The monoisotopic (exact) mass is 309 g/mol. The number of nitrogens with zero attached hydrogens (tertiary/aromatic N) is 1. The molecule has 94 valence electrons. The van der Waals surface area contributed by atoms with Crippen molar-refractivity contribution in [1.29, 1.82) is 0 Å². The SMILES string of the molecule is CN(Cc1cccc(Br)c1)c1ccc(C(=O)O)o1. The molecule has 2 rings (SSSR count). The topological polar surface area (TPSA) is 53.7 Å². The van der Waals surface area contributed by atoms with Crippen LogP contribution in [0.2, 0.25) is 0 Å². The van der Waals surface area contributed by atoms with Crippen LogP contribution in [0.25, 0.3) is 0 Å². The third-order valence-corrected chi connectivity index (χ3v) is 2.98. The lowest BCUT2D eigenvalue weighted by atomic mass is 10.2. The number of carbonyl (C=O) groups is 1. The Morgan fingerprint density at radius 3 is 2.78 bits per heavy atom. The second-order valence-corrected chi connectivity index (χ2v) is 4.84. The normalized spacial score (nSPS) is 10.3. The van der Waals surface area contributed by atoms with E-state index in [9.17, 15) is 4.79 Å². The summed E-state index contributed by atoms with van der Waals surface area (Å²) in [5, 5.41) is 8.79. The Hall–Kier alpha value is -1.75. The van der Waals surface area contributed by atoms with E-state index in [1.807, 2.05) is 36.2 Å². The number of halogens is 1. The summed E-state index contributed by atoms with van der Waals surface area (Å²) in [6.07, 6.45) is 0. The largest absolute Gasteiger partial charge is 0.475 e. The molecule has 0 fully saturated rings. The van der Waals surface area contributed by atoms with Crippen molar-refractivity contribution >= 4 is 27.8 Å². The van der Waals surface area contributed by atoms with Crippen molar-refractivity contribution in [2.24, 2.45) is 0 Å². The van der Waals surface area contributed by atoms with E-state index in [1.54, 1.807) is 6.07 Å². The minimum atomic E-state index is -1.06. The number of benzene rings is 1. The quantitative estimate of drug-likeness (QED) is 0.940. The molecule has 18 heavy (non-hydrogen) atoms. The van der Waals surface area contributed by atoms with E-state index in [-0.39, 0.29) is 5.76 Å². The Morgan fingerprint density at radius 2 is 2.17 bits per heavy atom. The molecule has 4 nitrogen and oxygen atoms in total. The molecular weight excluding hydrogens is 298 g/mol. The average Bonchev–Trinajstić information content (AvgIpc) is 2.78. The van der Waals surface area contributed by atoms with Crippen LogP contribution in [0.4, 0.5) is 5.88 Å². The highest BCUT2D eigenvalue weighted by molar-refractivity contribution is 9.10. The highest BCUT2D eigenvalue weighted by Crippen LogP contribution is 2.20. The first-order chi connectivity index (χ1) is 8.56. The fourth-order valence-corrected chi connectivity index (χ4v) is 2.08. The summed E-state index contributed by atoms with van der Waals surface area (Å²) in [6, 6.07) is 11.0. The summed E-state index contributed by atoms with van der Waals surface area (Å²) in [6.45, 7) is 0.645. The first-order valence-corrected chi connectivity index (χ1v) is 6.14. The maximum atomic E-state index is 10.7. The fraction of sp³-hybridized carbons (Fsp3) is 0.154. The van der Waals surface area contributed by atoms with Gasteiger partial charge in [0, 0.05) is 24.1 Å². The van der Waals surface area contributed by atoms with Crippen LogP contribution in [0.5, 0.6) is 0 Å². The van der Waals surface area contributed by atoms with Gasteiger partial charge in [0.1, 0.15) is 0 Å². The Balaban J connectivity index is 2.11. The molecule has 0 aliphatic carbocycles. The van der Waals surface area contributed by atoms with Crippen LogP contribution in [0, 0.1) is 0 Å². The predicted molar refractivity (Wildman–Crippen MR) is 71.9 cm³/mol. The minimum absolute atomic E-state index is 0.0499. The third kappa shape index (κ3) is 2.92. The number of furan rings is 1. The maximum absolute atomic E-state index is 10.7. The van der Waals surface area contributed by atoms with E-state index in [0.717, 1.165) is 10.0 Å². The zero-order valence-electron chi connectivity index (χ0n) is 9.76. The molecule has 0 amide bonds. The van der Waals surface area contributed by atoms with Gasteiger partial charge in [-0.2, -0.15) is 0 Å². The van der Waals surface area contributed by atoms with Crippen molar-refractivity contribution in [3.63, 3.8) is 0 Å². The molecule has 0 saturated heterocycles. The van der Waals surface area contributed by atoms with Crippen molar-refractivity contribution < 1.29 is 14.3 Å². The summed E-state index contributed by atoms with van der Waals surface area (Å²) in [5.41, 5.74) is 1.11. The highest BCUT2D eigenvalue weighted by Gasteiger charge is 2.12. The lowest BCUT2D eigenvalue weighted by Crippen LogP contribution is -2.15. The van der Waals surface area contributed by atoms with Crippen molar-refractivity contribution in [3.8, 4) is 0 Å². The second kappa shape index (κ2) is 5.27. The molecule has 0 aliphatic rings. The number of hydrogen-bond acceptors (Lipinski definition) is 3. The number of carboxylic acid groups (broad SMARTS) is 1. The van der Waals surface area contributed by atoms with Crippen molar-refractivity contribution in [3.05, 3.63) is 52.2 Å². The van der Waals surface area contributed by atoms with Gasteiger partial charge >= 0.3 is 5.97 Å². The predicted octanol–water partition coefficient (Wildman–Crippen LogP) is 3.38. The van der Waals surface area contributed by atoms with Gasteiger partial charge in [-0.3, -0.25) is 0 Å². The van der Waals surface area contributed by atoms with Gasteiger partial charge in [-0.25, -0.2) is 4.79 Å². The molecule has 0 atom stereocenters. The van der Waals surface area contributed by atoms with E-state index in [4.69, 9.17) is 9.52 Å². The molecule has 1 aromatic carbocycles. The number of anilines is 1. The van der Waals surface area contributed by atoms with Crippen LogP contribution in [0.3, 0.4) is 0 Å². The van der Waals surface area contributed by atoms with Gasteiger partial charge in [0.2, 0.25) is 5.76 Å². The summed E-state index contributed by atoms with van der Waals surface area (Å²) >= 11 is 3.41. The van der Waals surface area contributed by atoms with Crippen LogP contribution < -0.4 is 4.90 Å². The Labute approximate surface area is 113 Å². The fourth-order valence-electron chi connectivity index (χ4n) is 1.63. The number of rotatable bonds is 4. The van der Waals surface area contributed by atoms with Crippen LogP contribution in [0.1, 0.15) is 16.1 Å². The molecule has 0 saturated carbocycles. The lowest BCUT2D eigenvalue weighted by molar-refractivity contribution is 0.0663. The molecule has 0 radical (unpaired) electrons. The van der Waals surface area contributed by atoms with E-state index in [1.165, 1.54) is 6.07 Å². The average molecular weight is 310 g/mol. The van der Waals surface area contributed by atoms with Gasteiger partial charge in [0.15, 0.2) is 5.88 Å². The molecule has 5 heteroatoms. The van der Waals surface area contributed by atoms with Crippen molar-refractivity contribution in [1.82, 2.24) is 0 Å². The molecule has 0 bridgehead atoms. The van der Waals surface area contributed by atoms with Gasteiger partial charge in [-0.05, 0) is 23.8 Å². The van der Waals surface area contributed by atoms with Crippen LogP contribution >= 0.6 is 15.9 Å². The molecule has 0 unspecified atom stereocenters. The Bertz CT molecular complexity index is 565. The molecule has 2 aromatic rings. The molecule has 1 aromatic heterocycles. The van der Waals surface area contributed by atoms with E-state index in [0.29, 0.717) is 12.4 Å². The summed E-state index contributed by atoms with van der Waals surface area (Å²) in [7, 11) is 1.85. The molecule has 0 aliphatic heterocycles. The third-order valence-electron chi connectivity index (χ3n) is 2.49. The van der Waals surface area contributed by atoms with E-state index >= 15 is 0 Å². The smallest absolute Gasteiger partial charge is 0.371 e. The lowest BCUT2D eigenvalue weighted by Gasteiger charge is -2.15. The van der Waals surface area contributed by atoms with Crippen molar-refractivity contribution in [2.75, 3.05) is 11.9 Å². The second-order valence-electron chi connectivity index (χ2n) is 3.93. The zero-order chi connectivity index (χ0) is 13.1. The first-order valence-electron chi connectivity index (χ1n) is 5.35. The number of hydrogen-bond donors (Lipinski definition) is 1. The molecule has 0 spiro atoms. The van der Waals surface area contributed by atoms with Crippen LogP contribution in [-0.4, -0.2) is 18.1 Å². The van der Waals surface area contributed by atoms with Gasteiger partial charge < -0.3 is 14.4 Å².